The minimum Gasteiger partial charge on any atom is -0.375 e. The molecule has 0 aromatic carbocycles. The van der Waals surface area contributed by atoms with E-state index in [2.05, 4.69) is 22.4 Å². The number of aliphatic imine (C=N–C) groups is 1. The lowest BCUT2D eigenvalue weighted by Gasteiger charge is -2.00. The van der Waals surface area contributed by atoms with E-state index in [0.717, 1.165) is 19.5 Å². The Hall–Kier alpha value is -0.930. The Morgan fingerprint density at radius 3 is 1.95 bits per heavy atom. The summed E-state index contributed by atoms with van der Waals surface area (Å²) < 4.78 is 0. The van der Waals surface area contributed by atoms with Crippen LogP contribution in [-0.2, 0) is 0 Å². The first kappa shape index (κ1) is 18.1. The van der Waals surface area contributed by atoms with Crippen LogP contribution in [0.1, 0.15) is 71.1 Å². The molecule has 0 aliphatic carbocycles. The largest absolute Gasteiger partial charge is 0.375 e. The third kappa shape index (κ3) is 17.1. The van der Waals surface area contributed by atoms with Gasteiger partial charge in [0, 0.05) is 6.54 Å². The van der Waals surface area contributed by atoms with Crippen LogP contribution in [0.15, 0.2) is 10.2 Å². The van der Waals surface area contributed by atoms with Gasteiger partial charge >= 0.3 is 0 Å². The second-order valence-electron chi connectivity index (χ2n) is 5.02. The van der Waals surface area contributed by atoms with Crippen LogP contribution in [0.3, 0.4) is 0 Å². The minimum atomic E-state index is 0.510. The second-order valence-corrected chi connectivity index (χ2v) is 5.02. The van der Waals surface area contributed by atoms with Gasteiger partial charge < -0.3 is 5.32 Å². The predicted molar refractivity (Wildman–Crippen MR) is 83.9 cm³/mol. The summed E-state index contributed by atoms with van der Waals surface area (Å²) in [7, 11) is 0. The highest BCUT2D eigenvalue weighted by Gasteiger charge is 1.92. The van der Waals surface area contributed by atoms with E-state index in [4.69, 9.17) is 0 Å². The molecule has 1 heterocycles. The summed E-state index contributed by atoms with van der Waals surface area (Å²) in [5, 5.41) is 5.78. The van der Waals surface area contributed by atoms with E-state index in [1.54, 1.807) is 6.34 Å². The van der Waals surface area contributed by atoms with Gasteiger partial charge in [-0.25, -0.2) is 0 Å². The molecule has 19 heavy (non-hydrogen) atoms. The quantitative estimate of drug-likeness (QED) is 0.449. The smallest absolute Gasteiger partial charge is 0.0825 e. The van der Waals surface area contributed by atoms with E-state index in [1.165, 1.54) is 57.8 Å². The lowest BCUT2D eigenvalue weighted by Crippen LogP contribution is -2.04. The third-order valence-electron chi connectivity index (χ3n) is 3.17. The van der Waals surface area contributed by atoms with E-state index in [-0.39, 0.29) is 0 Å². The van der Waals surface area contributed by atoms with Gasteiger partial charge in [0.25, 0.3) is 0 Å². The van der Waals surface area contributed by atoms with Crippen molar-refractivity contribution >= 4 is 6.34 Å². The lowest BCUT2D eigenvalue weighted by atomic mass is 10.1. The fourth-order valence-corrected chi connectivity index (χ4v) is 1.99. The summed E-state index contributed by atoms with van der Waals surface area (Å²) in [5.74, 6) is 0. The molecule has 0 fully saturated rings. The molecule has 0 aromatic heterocycles. The molecule has 1 aliphatic rings. The van der Waals surface area contributed by atoms with Crippen LogP contribution in [0.5, 0.6) is 0 Å². The van der Waals surface area contributed by atoms with Crippen LogP contribution in [-0.4, -0.2) is 26.0 Å². The lowest BCUT2D eigenvalue weighted by molar-refractivity contribution is 0.558. The highest BCUT2D eigenvalue weighted by Crippen LogP contribution is 2.10. The number of unbranched alkanes of at least 4 members (excludes halogenated alkanes) is 9. The molecule has 0 aromatic rings. The molecule has 0 spiro atoms. The molecule has 1 N–H and O–H groups in total. The van der Waals surface area contributed by atoms with Gasteiger partial charge in [0.05, 0.1) is 19.4 Å². The summed E-state index contributed by atoms with van der Waals surface area (Å²) in [6.07, 6.45) is 14.8. The molecule has 112 valence electrons. The van der Waals surface area contributed by atoms with Gasteiger partial charge in [-0.15, -0.1) is 0 Å². The van der Waals surface area contributed by atoms with Gasteiger partial charge in [-0.1, -0.05) is 69.9 Å². The second kappa shape index (κ2) is 17.1. The third-order valence-corrected chi connectivity index (χ3v) is 3.17. The van der Waals surface area contributed by atoms with Crippen molar-refractivity contribution < 1.29 is 0 Å². The van der Waals surface area contributed by atoms with Crippen LogP contribution >= 0.6 is 0 Å². The Morgan fingerprint density at radius 2 is 1.58 bits per heavy atom. The Morgan fingerprint density at radius 1 is 1.00 bits per heavy atom. The van der Waals surface area contributed by atoms with Crippen LogP contribution in [0.2, 0.25) is 0 Å². The number of hydrogen-bond acceptors (Lipinski definition) is 4. The zero-order chi connectivity index (χ0) is 14.0. The van der Waals surface area contributed by atoms with Crippen LogP contribution < -0.4 is 5.32 Å². The molecule has 0 saturated carbocycles. The molecular weight excluding hydrogens is 238 g/mol. The van der Waals surface area contributed by atoms with Crippen LogP contribution in [0.4, 0.5) is 0 Å². The monoisotopic (exact) mass is 269 g/mol. The Bertz CT molecular complexity index is 202. The highest BCUT2D eigenvalue weighted by molar-refractivity contribution is 5.56. The summed E-state index contributed by atoms with van der Waals surface area (Å²) in [6, 6.07) is 0. The molecule has 4 nitrogen and oxygen atoms in total. The number of nitrogens with one attached hydrogen (secondary N) is 1. The Balaban J connectivity index is 0.000000532. The predicted octanol–water partition coefficient (Wildman–Crippen LogP) is 4.29. The van der Waals surface area contributed by atoms with Crippen molar-refractivity contribution in [2.45, 2.75) is 71.1 Å². The molecule has 0 atom stereocenters. The molecular formula is C15H31N3O. The van der Waals surface area contributed by atoms with Gasteiger partial charge in [0.15, 0.2) is 0 Å². The fraction of sp³-hybridized carbons (Fsp3) is 0.933. The van der Waals surface area contributed by atoms with Crippen molar-refractivity contribution in [3.63, 3.8) is 0 Å². The summed E-state index contributed by atoms with van der Waals surface area (Å²) >= 11 is 0. The van der Waals surface area contributed by atoms with Gasteiger partial charge in [-0.05, 0) is 6.42 Å². The zero-order valence-electron chi connectivity index (χ0n) is 12.6. The SMILES string of the molecule is C1=NCCN1.CCCCCCCCCCCCN=O. The Kier molecular flexibility index (Phi) is 16.2. The summed E-state index contributed by atoms with van der Waals surface area (Å²) in [4.78, 5) is 13.6. The van der Waals surface area contributed by atoms with E-state index in [1.807, 2.05) is 0 Å². The van der Waals surface area contributed by atoms with Gasteiger partial charge in [0.2, 0.25) is 0 Å². The number of nitrogens with zero attached hydrogens (tertiary/aromatic N) is 2. The van der Waals surface area contributed by atoms with E-state index in [0.29, 0.717) is 6.54 Å². The normalized spacial score (nSPS) is 12.7. The number of rotatable bonds is 11. The van der Waals surface area contributed by atoms with E-state index >= 15 is 0 Å². The van der Waals surface area contributed by atoms with Crippen LogP contribution in [0.25, 0.3) is 0 Å². The molecule has 0 amide bonds. The van der Waals surface area contributed by atoms with Crippen molar-refractivity contribution in [1.29, 1.82) is 0 Å². The number of hydrogen-bond donors (Lipinski definition) is 1. The first-order chi connectivity index (χ1) is 9.41. The van der Waals surface area contributed by atoms with Crippen molar-refractivity contribution in [2.24, 2.45) is 10.2 Å². The zero-order valence-corrected chi connectivity index (χ0v) is 12.6. The molecule has 0 saturated heterocycles. The average molecular weight is 269 g/mol. The molecule has 1 rings (SSSR count). The fourth-order valence-electron chi connectivity index (χ4n) is 1.99. The first-order valence-corrected chi connectivity index (χ1v) is 7.92. The summed E-state index contributed by atoms with van der Waals surface area (Å²) in [5.41, 5.74) is 0. The molecule has 0 radical (unpaired) electrons. The number of nitroso groups, excluding NO2 is 1. The topological polar surface area (TPSA) is 53.8 Å². The van der Waals surface area contributed by atoms with Crippen molar-refractivity contribution in [3.8, 4) is 0 Å². The molecule has 1 aliphatic heterocycles. The van der Waals surface area contributed by atoms with Gasteiger partial charge in [0.1, 0.15) is 0 Å². The first-order valence-electron chi connectivity index (χ1n) is 7.92. The van der Waals surface area contributed by atoms with Crippen molar-refractivity contribution in [1.82, 2.24) is 5.32 Å². The molecule has 0 unspecified atom stereocenters. The summed E-state index contributed by atoms with van der Waals surface area (Å²) in [6.45, 7) is 4.75. The van der Waals surface area contributed by atoms with E-state index < -0.39 is 0 Å². The highest BCUT2D eigenvalue weighted by atomic mass is 16.3. The van der Waals surface area contributed by atoms with Gasteiger partial charge in [-0.2, -0.15) is 4.91 Å². The standard InChI is InChI=1S/C12H25NO.C3H6N2/c1-2-3-4-5-6-7-8-9-10-11-12-13-14;1-2-5-3-4-1/h2-12H2,1H3;3H,1-2H2,(H,4,5). The maximum atomic E-state index is 9.79. The molecule has 4 heteroatoms. The van der Waals surface area contributed by atoms with Crippen molar-refractivity contribution in [3.05, 3.63) is 4.91 Å². The van der Waals surface area contributed by atoms with E-state index in [9.17, 15) is 4.91 Å². The maximum absolute atomic E-state index is 9.79. The van der Waals surface area contributed by atoms with Gasteiger partial charge in [-0.3, -0.25) is 4.99 Å². The van der Waals surface area contributed by atoms with Crippen LogP contribution in [0, 0.1) is 4.91 Å². The average Bonchev–Trinajstić information content (AvgIpc) is 3.00. The van der Waals surface area contributed by atoms with Crippen molar-refractivity contribution in [2.75, 3.05) is 19.6 Å². The molecule has 0 bridgehead atoms. The maximum Gasteiger partial charge on any atom is 0.0825 e. The Labute approximate surface area is 118 Å². The minimum absolute atomic E-state index is 0.510.